The zero-order valence-corrected chi connectivity index (χ0v) is 13.7. The number of ether oxygens (including phenoxy) is 1. The van der Waals surface area contributed by atoms with Gasteiger partial charge in [0.05, 0.1) is 18.4 Å². The van der Waals surface area contributed by atoms with Gasteiger partial charge in [-0.1, -0.05) is 6.42 Å². The maximum absolute atomic E-state index is 10.8. The Labute approximate surface area is 128 Å². The molecule has 21 heavy (non-hydrogen) atoms. The van der Waals surface area contributed by atoms with Crippen LogP contribution >= 0.6 is 0 Å². The van der Waals surface area contributed by atoms with Crippen LogP contribution in [0.1, 0.15) is 58.6 Å². The number of aliphatic hydroxyl groups is 1. The third-order valence-corrected chi connectivity index (χ3v) is 4.26. The van der Waals surface area contributed by atoms with Crippen molar-refractivity contribution < 1.29 is 9.84 Å². The first-order chi connectivity index (χ1) is 9.91. The molecule has 1 aromatic rings. The van der Waals surface area contributed by atoms with Crippen LogP contribution in [0.4, 0.5) is 0 Å². The molecular weight excluding hydrogens is 264 g/mol. The monoisotopic (exact) mass is 292 g/mol. The van der Waals surface area contributed by atoms with Crippen LogP contribution in [0.2, 0.25) is 0 Å². The Morgan fingerprint density at radius 1 is 1.19 bits per heavy atom. The average molecular weight is 292 g/mol. The molecule has 0 amide bonds. The molecule has 118 valence electrons. The number of rotatable bonds is 5. The van der Waals surface area contributed by atoms with Gasteiger partial charge >= 0.3 is 0 Å². The Morgan fingerprint density at radius 2 is 1.86 bits per heavy atom. The zero-order chi connectivity index (χ0) is 15.5. The molecule has 1 aliphatic heterocycles. The lowest BCUT2D eigenvalue weighted by atomic mass is 9.88. The maximum Gasteiger partial charge on any atom is 0.138 e. The predicted octanol–water partition coefficient (Wildman–Crippen LogP) is 3.17. The third-order valence-electron chi connectivity index (χ3n) is 4.26. The Hall–Kier alpha value is -1.13. The molecule has 0 saturated carbocycles. The standard InChI is InChI=1S/C17H28N2O2/c1-13(2)21-15-10-14(11-18-12-15)16(20)17(3,4)19-8-6-5-7-9-19/h10-13,16,20H,5-9H2,1-4H3. The number of hydrogen-bond acceptors (Lipinski definition) is 4. The molecular formula is C17H28N2O2. The quantitative estimate of drug-likeness (QED) is 0.905. The smallest absolute Gasteiger partial charge is 0.138 e. The van der Waals surface area contributed by atoms with Crippen LogP contribution in [0.5, 0.6) is 5.75 Å². The summed E-state index contributed by atoms with van der Waals surface area (Å²) in [6.07, 6.45) is 6.69. The van der Waals surface area contributed by atoms with Crippen molar-refractivity contribution >= 4 is 0 Å². The van der Waals surface area contributed by atoms with Crippen LogP contribution < -0.4 is 4.74 Å². The summed E-state index contributed by atoms with van der Waals surface area (Å²) < 4.78 is 5.68. The number of aliphatic hydroxyl groups excluding tert-OH is 1. The summed E-state index contributed by atoms with van der Waals surface area (Å²) in [6.45, 7) is 10.3. The fourth-order valence-corrected chi connectivity index (χ4v) is 2.97. The van der Waals surface area contributed by atoms with Crippen molar-refractivity contribution in [3.05, 3.63) is 24.0 Å². The van der Waals surface area contributed by atoms with Crippen molar-refractivity contribution in [3.63, 3.8) is 0 Å². The molecule has 1 fully saturated rings. The number of likely N-dealkylation sites (tertiary alicyclic amines) is 1. The van der Waals surface area contributed by atoms with Gasteiger partial charge in [-0.05, 0) is 59.7 Å². The highest BCUT2D eigenvalue weighted by molar-refractivity contribution is 5.27. The van der Waals surface area contributed by atoms with Gasteiger partial charge < -0.3 is 9.84 Å². The first kappa shape index (κ1) is 16.2. The summed E-state index contributed by atoms with van der Waals surface area (Å²) >= 11 is 0. The predicted molar refractivity (Wildman–Crippen MR) is 84.5 cm³/mol. The second-order valence-electron chi connectivity index (χ2n) is 6.72. The molecule has 1 N–H and O–H groups in total. The van der Waals surface area contributed by atoms with Gasteiger partial charge in [0.1, 0.15) is 5.75 Å². The molecule has 0 aromatic carbocycles. The van der Waals surface area contributed by atoms with Crippen LogP contribution in [-0.4, -0.2) is 39.7 Å². The molecule has 0 spiro atoms. The molecule has 2 rings (SSSR count). The topological polar surface area (TPSA) is 45.6 Å². The van der Waals surface area contributed by atoms with Gasteiger partial charge in [0, 0.05) is 17.3 Å². The van der Waals surface area contributed by atoms with Crippen molar-refractivity contribution in [1.29, 1.82) is 0 Å². The first-order valence-electron chi connectivity index (χ1n) is 7.96. The van der Waals surface area contributed by atoms with E-state index in [9.17, 15) is 5.11 Å². The molecule has 1 unspecified atom stereocenters. The summed E-state index contributed by atoms with van der Waals surface area (Å²) in [7, 11) is 0. The molecule has 1 aliphatic rings. The molecule has 4 heteroatoms. The normalized spacial score (nSPS) is 18.8. The van der Waals surface area contributed by atoms with E-state index < -0.39 is 6.10 Å². The lowest BCUT2D eigenvalue weighted by Gasteiger charge is -2.44. The zero-order valence-electron chi connectivity index (χ0n) is 13.7. The van der Waals surface area contributed by atoms with E-state index in [1.165, 1.54) is 19.3 Å². The van der Waals surface area contributed by atoms with Crippen LogP contribution in [0, 0.1) is 0 Å². The van der Waals surface area contributed by atoms with E-state index in [0.717, 1.165) is 24.4 Å². The number of nitrogens with zero attached hydrogens (tertiary/aromatic N) is 2. The minimum Gasteiger partial charge on any atom is -0.489 e. The minimum atomic E-state index is -0.571. The SMILES string of the molecule is CC(C)Oc1cncc(C(O)C(C)(C)N2CCCCC2)c1. The van der Waals surface area contributed by atoms with Crippen molar-refractivity contribution in [2.45, 2.75) is 64.7 Å². The first-order valence-corrected chi connectivity index (χ1v) is 7.96. The summed E-state index contributed by atoms with van der Waals surface area (Å²) in [5.74, 6) is 0.719. The number of hydrogen-bond donors (Lipinski definition) is 1. The Bertz CT molecular complexity index is 454. The molecule has 2 heterocycles. The van der Waals surface area contributed by atoms with Crippen LogP contribution in [0.3, 0.4) is 0 Å². The Balaban J connectivity index is 2.15. The van der Waals surface area contributed by atoms with Crippen molar-refractivity contribution in [2.24, 2.45) is 0 Å². The van der Waals surface area contributed by atoms with Crippen LogP contribution in [0.25, 0.3) is 0 Å². The third kappa shape index (κ3) is 3.95. The van der Waals surface area contributed by atoms with Gasteiger partial charge in [0.25, 0.3) is 0 Å². The molecule has 0 aliphatic carbocycles. The van der Waals surface area contributed by atoms with E-state index in [1.807, 2.05) is 19.9 Å². The van der Waals surface area contributed by atoms with Crippen molar-refractivity contribution in [3.8, 4) is 5.75 Å². The molecule has 1 atom stereocenters. The van der Waals surface area contributed by atoms with Crippen molar-refractivity contribution in [2.75, 3.05) is 13.1 Å². The second-order valence-corrected chi connectivity index (χ2v) is 6.72. The molecule has 0 bridgehead atoms. The largest absolute Gasteiger partial charge is 0.489 e. The lowest BCUT2D eigenvalue weighted by Crippen LogP contribution is -2.50. The summed E-state index contributed by atoms with van der Waals surface area (Å²) in [4.78, 5) is 6.60. The van der Waals surface area contributed by atoms with E-state index in [0.29, 0.717) is 0 Å². The Kier molecular flexibility index (Phi) is 5.22. The molecule has 1 aromatic heterocycles. The lowest BCUT2D eigenvalue weighted by molar-refractivity contribution is -0.0211. The highest BCUT2D eigenvalue weighted by Gasteiger charge is 2.36. The van der Waals surface area contributed by atoms with E-state index >= 15 is 0 Å². The minimum absolute atomic E-state index is 0.106. The number of aromatic nitrogens is 1. The second kappa shape index (κ2) is 6.75. The Morgan fingerprint density at radius 3 is 2.48 bits per heavy atom. The summed E-state index contributed by atoms with van der Waals surface area (Å²) in [5, 5.41) is 10.8. The van der Waals surface area contributed by atoms with Gasteiger partial charge in [-0.15, -0.1) is 0 Å². The summed E-state index contributed by atoms with van der Waals surface area (Å²) in [6, 6.07) is 1.91. The number of pyridine rings is 1. The van der Waals surface area contributed by atoms with Crippen LogP contribution in [0.15, 0.2) is 18.5 Å². The fraction of sp³-hybridized carbons (Fsp3) is 0.706. The van der Waals surface area contributed by atoms with E-state index in [-0.39, 0.29) is 11.6 Å². The highest BCUT2D eigenvalue weighted by atomic mass is 16.5. The molecule has 0 radical (unpaired) electrons. The van der Waals surface area contributed by atoms with E-state index in [1.54, 1.807) is 12.4 Å². The van der Waals surface area contributed by atoms with Gasteiger partial charge in [-0.2, -0.15) is 0 Å². The van der Waals surface area contributed by atoms with Crippen molar-refractivity contribution in [1.82, 2.24) is 9.88 Å². The summed E-state index contributed by atoms with van der Waals surface area (Å²) in [5.41, 5.74) is 0.530. The van der Waals surface area contributed by atoms with Gasteiger partial charge in [0.2, 0.25) is 0 Å². The average Bonchev–Trinajstić information content (AvgIpc) is 2.47. The highest BCUT2D eigenvalue weighted by Crippen LogP contribution is 2.33. The van der Waals surface area contributed by atoms with E-state index in [4.69, 9.17) is 4.74 Å². The molecule has 1 saturated heterocycles. The van der Waals surface area contributed by atoms with Gasteiger partial charge in [-0.3, -0.25) is 9.88 Å². The van der Waals surface area contributed by atoms with Gasteiger partial charge in [0.15, 0.2) is 0 Å². The number of piperidine rings is 1. The molecule has 4 nitrogen and oxygen atoms in total. The van der Waals surface area contributed by atoms with Gasteiger partial charge in [-0.25, -0.2) is 0 Å². The van der Waals surface area contributed by atoms with Crippen LogP contribution in [-0.2, 0) is 0 Å². The van der Waals surface area contributed by atoms with E-state index in [2.05, 4.69) is 23.7 Å². The maximum atomic E-state index is 10.8. The fourth-order valence-electron chi connectivity index (χ4n) is 2.97.